The maximum atomic E-state index is 4.50. The van der Waals surface area contributed by atoms with Gasteiger partial charge in [-0.3, -0.25) is 4.68 Å². The minimum atomic E-state index is 0.453. The molecule has 0 bridgehead atoms. The highest BCUT2D eigenvalue weighted by Crippen LogP contribution is 2.46. The largest absolute Gasteiger partial charge is 0.313 e. The van der Waals surface area contributed by atoms with E-state index in [1.165, 1.54) is 32.1 Å². The monoisotopic (exact) mass is 292 g/mol. The van der Waals surface area contributed by atoms with Crippen LogP contribution in [0.5, 0.6) is 0 Å². The van der Waals surface area contributed by atoms with Crippen molar-refractivity contribution in [1.29, 1.82) is 0 Å². The first-order valence-electron chi connectivity index (χ1n) is 8.71. The van der Waals surface area contributed by atoms with E-state index in [0.717, 1.165) is 31.3 Å². The third-order valence-corrected chi connectivity index (χ3v) is 4.99. The van der Waals surface area contributed by atoms with Crippen molar-refractivity contribution in [3.63, 3.8) is 0 Å². The summed E-state index contributed by atoms with van der Waals surface area (Å²) >= 11 is 0. The Morgan fingerprint density at radius 2 is 2.00 bits per heavy atom. The minimum absolute atomic E-state index is 0.453. The van der Waals surface area contributed by atoms with Crippen LogP contribution < -0.4 is 5.32 Å². The van der Waals surface area contributed by atoms with Gasteiger partial charge in [0.2, 0.25) is 0 Å². The molecule has 4 nitrogen and oxygen atoms in total. The Balaban J connectivity index is 2.19. The highest BCUT2D eigenvalue weighted by Gasteiger charge is 2.41. The van der Waals surface area contributed by atoms with Crippen LogP contribution in [-0.4, -0.2) is 27.4 Å². The molecule has 1 saturated carbocycles. The van der Waals surface area contributed by atoms with E-state index in [2.05, 4.69) is 43.1 Å². The lowest BCUT2D eigenvalue weighted by molar-refractivity contribution is 0.153. The van der Waals surface area contributed by atoms with E-state index in [4.69, 9.17) is 0 Å². The molecule has 1 aliphatic rings. The average molecular weight is 292 g/mol. The summed E-state index contributed by atoms with van der Waals surface area (Å²) in [5.74, 6) is 1.90. The molecule has 1 fully saturated rings. The lowest BCUT2D eigenvalue weighted by Crippen LogP contribution is -2.46. The summed E-state index contributed by atoms with van der Waals surface area (Å²) in [6.45, 7) is 11.0. The molecule has 0 aromatic carbocycles. The predicted molar refractivity (Wildman–Crippen MR) is 87.2 cm³/mol. The molecule has 0 amide bonds. The fourth-order valence-corrected chi connectivity index (χ4v) is 4.23. The first-order chi connectivity index (χ1) is 10.1. The van der Waals surface area contributed by atoms with Gasteiger partial charge in [0.25, 0.3) is 0 Å². The number of nitrogens with zero attached hydrogens (tertiary/aromatic N) is 3. The van der Waals surface area contributed by atoms with Crippen molar-refractivity contribution >= 4 is 0 Å². The molecular weight excluding hydrogens is 260 g/mol. The number of hydrogen-bond donors (Lipinski definition) is 1. The number of likely N-dealkylation sites (N-methyl/N-ethyl adjacent to an activating group) is 1. The zero-order valence-electron chi connectivity index (χ0n) is 14.2. The maximum Gasteiger partial charge on any atom is 0.138 e. The molecule has 120 valence electrons. The van der Waals surface area contributed by atoms with Crippen LogP contribution in [0.3, 0.4) is 0 Å². The van der Waals surface area contributed by atoms with Gasteiger partial charge in [0, 0.05) is 19.0 Å². The summed E-state index contributed by atoms with van der Waals surface area (Å²) in [6.07, 6.45) is 9.53. The summed E-state index contributed by atoms with van der Waals surface area (Å²) < 4.78 is 2.04. The molecule has 1 aliphatic carbocycles. The van der Waals surface area contributed by atoms with Crippen molar-refractivity contribution in [3.05, 3.63) is 12.2 Å². The van der Waals surface area contributed by atoms with Crippen molar-refractivity contribution in [2.24, 2.45) is 11.3 Å². The van der Waals surface area contributed by atoms with Gasteiger partial charge in [-0.25, -0.2) is 4.98 Å². The molecule has 0 radical (unpaired) electrons. The molecular formula is C17H32N4. The average Bonchev–Trinajstić information content (AvgIpc) is 3.07. The molecule has 1 unspecified atom stereocenters. The lowest BCUT2D eigenvalue weighted by Gasteiger charge is -2.39. The summed E-state index contributed by atoms with van der Waals surface area (Å²) in [5, 5.41) is 8.12. The normalized spacial score (nSPS) is 19.3. The maximum absolute atomic E-state index is 4.50. The second-order valence-corrected chi connectivity index (χ2v) is 6.97. The third-order valence-electron chi connectivity index (χ3n) is 4.99. The van der Waals surface area contributed by atoms with Crippen molar-refractivity contribution in [1.82, 2.24) is 20.1 Å². The first kappa shape index (κ1) is 16.5. The smallest absolute Gasteiger partial charge is 0.138 e. The molecule has 0 spiro atoms. The van der Waals surface area contributed by atoms with Gasteiger partial charge in [-0.2, -0.15) is 5.10 Å². The third kappa shape index (κ3) is 3.85. The zero-order chi connectivity index (χ0) is 15.3. The molecule has 1 aromatic rings. The molecule has 4 heteroatoms. The summed E-state index contributed by atoms with van der Waals surface area (Å²) in [7, 11) is 0. The summed E-state index contributed by atoms with van der Waals surface area (Å²) in [4.78, 5) is 4.50. The molecule has 1 N–H and O–H groups in total. The van der Waals surface area contributed by atoms with Crippen LogP contribution >= 0.6 is 0 Å². The van der Waals surface area contributed by atoms with Crippen LogP contribution in [0.25, 0.3) is 0 Å². The van der Waals surface area contributed by atoms with Crippen molar-refractivity contribution in [2.75, 3.05) is 6.54 Å². The van der Waals surface area contributed by atoms with Crippen LogP contribution in [-0.2, 0) is 13.0 Å². The Morgan fingerprint density at radius 1 is 1.29 bits per heavy atom. The Morgan fingerprint density at radius 3 is 2.57 bits per heavy atom. The van der Waals surface area contributed by atoms with Crippen molar-refractivity contribution in [2.45, 2.75) is 78.8 Å². The van der Waals surface area contributed by atoms with Crippen molar-refractivity contribution < 1.29 is 0 Å². The first-order valence-corrected chi connectivity index (χ1v) is 8.71. The summed E-state index contributed by atoms with van der Waals surface area (Å²) in [5.41, 5.74) is 0.453. The summed E-state index contributed by atoms with van der Waals surface area (Å²) in [6, 6.07) is 0.530. The Kier molecular flexibility index (Phi) is 5.80. The highest BCUT2D eigenvalue weighted by atomic mass is 15.3. The van der Waals surface area contributed by atoms with Gasteiger partial charge in [0.15, 0.2) is 0 Å². The van der Waals surface area contributed by atoms with E-state index in [1.807, 2.05) is 4.68 Å². The molecule has 21 heavy (non-hydrogen) atoms. The van der Waals surface area contributed by atoms with E-state index in [1.54, 1.807) is 6.33 Å². The Labute approximate surface area is 129 Å². The van der Waals surface area contributed by atoms with Crippen LogP contribution in [0.2, 0.25) is 0 Å². The van der Waals surface area contributed by atoms with Crippen LogP contribution in [0.15, 0.2) is 6.33 Å². The molecule has 0 saturated heterocycles. The van der Waals surface area contributed by atoms with E-state index in [-0.39, 0.29) is 0 Å². The second kappa shape index (κ2) is 7.39. The lowest BCUT2D eigenvalue weighted by atomic mass is 9.71. The van der Waals surface area contributed by atoms with Gasteiger partial charge in [0.1, 0.15) is 12.2 Å². The number of rotatable bonds is 8. The molecule has 0 aliphatic heterocycles. The van der Waals surface area contributed by atoms with E-state index in [9.17, 15) is 0 Å². The van der Waals surface area contributed by atoms with Crippen LogP contribution in [0, 0.1) is 11.3 Å². The number of hydrogen-bond acceptors (Lipinski definition) is 3. The fraction of sp³-hybridized carbons (Fsp3) is 0.882. The molecule has 1 heterocycles. The number of nitrogens with one attached hydrogen (secondary N) is 1. The van der Waals surface area contributed by atoms with Crippen molar-refractivity contribution in [3.8, 4) is 0 Å². The topological polar surface area (TPSA) is 42.7 Å². The number of aromatic nitrogens is 3. The van der Waals surface area contributed by atoms with Gasteiger partial charge >= 0.3 is 0 Å². The Bertz CT molecular complexity index is 418. The SMILES string of the molecule is CCNC(Cc1ncnn1CC)C1(CC(C)C)CCCC1. The predicted octanol–water partition coefficient (Wildman–Crippen LogP) is 3.43. The quantitative estimate of drug-likeness (QED) is 0.798. The van der Waals surface area contributed by atoms with E-state index >= 15 is 0 Å². The molecule has 1 atom stereocenters. The standard InChI is InChI=1S/C17H32N4/c1-5-18-15(11-16-19-13-20-21(16)6-2)17(12-14(3)4)9-7-8-10-17/h13-15,18H,5-12H2,1-4H3. The van der Waals surface area contributed by atoms with Gasteiger partial charge in [-0.1, -0.05) is 33.6 Å². The van der Waals surface area contributed by atoms with E-state index in [0.29, 0.717) is 11.5 Å². The van der Waals surface area contributed by atoms with Gasteiger partial charge in [-0.15, -0.1) is 0 Å². The fourth-order valence-electron chi connectivity index (χ4n) is 4.23. The van der Waals surface area contributed by atoms with E-state index < -0.39 is 0 Å². The molecule has 1 aromatic heterocycles. The van der Waals surface area contributed by atoms with Crippen LogP contribution in [0.4, 0.5) is 0 Å². The van der Waals surface area contributed by atoms with Gasteiger partial charge < -0.3 is 5.32 Å². The van der Waals surface area contributed by atoms with Gasteiger partial charge in [-0.05, 0) is 44.1 Å². The van der Waals surface area contributed by atoms with Gasteiger partial charge in [0.05, 0.1) is 0 Å². The van der Waals surface area contributed by atoms with Crippen LogP contribution in [0.1, 0.15) is 65.6 Å². The zero-order valence-corrected chi connectivity index (χ0v) is 14.2. The Hall–Kier alpha value is -0.900. The highest BCUT2D eigenvalue weighted by molar-refractivity contribution is 5.01. The molecule has 2 rings (SSSR count). The second-order valence-electron chi connectivity index (χ2n) is 6.97. The number of aryl methyl sites for hydroxylation is 1. The minimum Gasteiger partial charge on any atom is -0.313 e.